The van der Waals surface area contributed by atoms with Gasteiger partial charge >= 0.3 is 0 Å². The summed E-state index contributed by atoms with van der Waals surface area (Å²) in [5.41, 5.74) is 0.678. The number of piperidine rings is 1. The van der Waals surface area contributed by atoms with Crippen molar-refractivity contribution in [1.29, 1.82) is 0 Å². The van der Waals surface area contributed by atoms with E-state index in [0.717, 1.165) is 25.9 Å². The van der Waals surface area contributed by atoms with Gasteiger partial charge < -0.3 is 19.1 Å². The molecule has 3 rings (SSSR count). The van der Waals surface area contributed by atoms with Gasteiger partial charge in [-0.25, -0.2) is 4.98 Å². The number of aryl methyl sites for hydroxylation is 1. The molecule has 2 aromatic rings. The van der Waals surface area contributed by atoms with Crippen LogP contribution in [0, 0.1) is 6.92 Å². The minimum absolute atomic E-state index is 0. The van der Waals surface area contributed by atoms with Gasteiger partial charge in [-0.05, 0) is 45.0 Å². The van der Waals surface area contributed by atoms with Gasteiger partial charge in [0.2, 0.25) is 5.91 Å². The van der Waals surface area contributed by atoms with Crippen molar-refractivity contribution < 1.29 is 13.6 Å². The fraction of sp³-hybridized carbons (Fsp3) is 0.500. The van der Waals surface area contributed by atoms with Crippen LogP contribution >= 0.6 is 24.8 Å². The predicted molar refractivity (Wildman–Crippen MR) is 95.8 cm³/mol. The van der Waals surface area contributed by atoms with Gasteiger partial charge in [-0.15, -0.1) is 24.8 Å². The topological polar surface area (TPSA) is 71.5 Å². The largest absolute Gasteiger partial charge is 0.459 e. The van der Waals surface area contributed by atoms with E-state index >= 15 is 0 Å². The van der Waals surface area contributed by atoms with Crippen LogP contribution in [0.3, 0.4) is 0 Å². The highest BCUT2D eigenvalue weighted by Crippen LogP contribution is 2.23. The Morgan fingerprint density at radius 3 is 2.71 bits per heavy atom. The maximum atomic E-state index is 12.5. The van der Waals surface area contributed by atoms with Crippen LogP contribution < -0.4 is 5.32 Å². The fourth-order valence-electron chi connectivity index (χ4n) is 2.76. The van der Waals surface area contributed by atoms with Gasteiger partial charge in [-0.2, -0.15) is 0 Å². The average molecular weight is 376 g/mol. The van der Waals surface area contributed by atoms with Gasteiger partial charge in [0, 0.05) is 13.1 Å². The van der Waals surface area contributed by atoms with E-state index in [1.807, 2.05) is 18.9 Å². The number of hydrogen-bond donors (Lipinski definition) is 1. The SMILES string of the molecule is Cc1oc(-c2ccco2)nc1CC(=O)N(C)C1CCNCC1.Cl.Cl. The number of aromatic nitrogens is 1. The number of furan rings is 1. The molecule has 2 aromatic heterocycles. The maximum absolute atomic E-state index is 12.5. The summed E-state index contributed by atoms with van der Waals surface area (Å²) in [6.07, 6.45) is 3.83. The van der Waals surface area contributed by atoms with Crippen LogP contribution in [0.25, 0.3) is 11.7 Å². The normalized spacial score (nSPS) is 14.6. The molecule has 0 spiro atoms. The van der Waals surface area contributed by atoms with Gasteiger partial charge in [-0.3, -0.25) is 4.79 Å². The van der Waals surface area contributed by atoms with Crippen LogP contribution in [-0.2, 0) is 11.2 Å². The van der Waals surface area contributed by atoms with Gasteiger partial charge in [-0.1, -0.05) is 0 Å². The molecule has 0 radical (unpaired) electrons. The molecule has 0 atom stereocenters. The molecule has 1 aliphatic heterocycles. The summed E-state index contributed by atoms with van der Waals surface area (Å²) in [6, 6.07) is 3.88. The van der Waals surface area contributed by atoms with Gasteiger partial charge in [0.05, 0.1) is 18.4 Å². The first-order chi connectivity index (χ1) is 10.6. The lowest BCUT2D eigenvalue weighted by molar-refractivity contribution is -0.131. The Labute approximate surface area is 153 Å². The van der Waals surface area contributed by atoms with E-state index < -0.39 is 0 Å². The minimum Gasteiger partial charge on any atom is -0.459 e. The molecule has 0 saturated carbocycles. The standard InChI is InChI=1S/C16H21N3O3.2ClH/c1-11-13(18-16(22-11)14-4-3-9-21-14)10-15(20)19(2)12-5-7-17-8-6-12;;/h3-4,9,12,17H,5-8,10H2,1-2H3;2*1H. The van der Waals surface area contributed by atoms with Crippen LogP contribution in [0.15, 0.2) is 27.2 Å². The number of carbonyl (C=O) groups excluding carboxylic acids is 1. The van der Waals surface area contributed by atoms with Crippen LogP contribution in [0.4, 0.5) is 0 Å². The van der Waals surface area contributed by atoms with Crippen molar-refractivity contribution in [3.63, 3.8) is 0 Å². The summed E-state index contributed by atoms with van der Waals surface area (Å²) in [5, 5.41) is 3.31. The average Bonchev–Trinajstić information content (AvgIpc) is 3.18. The Balaban J connectivity index is 0.00000144. The van der Waals surface area contributed by atoms with Crippen molar-refractivity contribution in [1.82, 2.24) is 15.2 Å². The highest BCUT2D eigenvalue weighted by atomic mass is 35.5. The second-order valence-electron chi connectivity index (χ2n) is 5.66. The van der Waals surface area contributed by atoms with Crippen molar-refractivity contribution in [2.75, 3.05) is 20.1 Å². The number of likely N-dealkylation sites (N-methyl/N-ethyl adjacent to an activating group) is 1. The van der Waals surface area contributed by atoms with Gasteiger partial charge in [0.25, 0.3) is 5.89 Å². The number of halogens is 2. The van der Waals surface area contributed by atoms with E-state index in [1.54, 1.807) is 18.4 Å². The first-order valence-electron chi connectivity index (χ1n) is 7.61. The third kappa shape index (κ3) is 4.53. The van der Waals surface area contributed by atoms with E-state index in [4.69, 9.17) is 8.83 Å². The monoisotopic (exact) mass is 375 g/mol. The summed E-state index contributed by atoms with van der Waals surface area (Å²) < 4.78 is 10.9. The Morgan fingerprint density at radius 1 is 1.38 bits per heavy atom. The summed E-state index contributed by atoms with van der Waals surface area (Å²) in [4.78, 5) is 18.7. The van der Waals surface area contributed by atoms with Crippen LogP contribution in [0.5, 0.6) is 0 Å². The summed E-state index contributed by atoms with van der Waals surface area (Å²) >= 11 is 0. The molecule has 1 amide bonds. The Kier molecular flexibility index (Phi) is 7.79. The van der Waals surface area contributed by atoms with Crippen molar-refractivity contribution in [2.45, 2.75) is 32.2 Å². The van der Waals surface area contributed by atoms with Crippen LogP contribution in [0.2, 0.25) is 0 Å². The zero-order valence-electron chi connectivity index (χ0n) is 13.8. The Bertz CT molecular complexity index is 637. The lowest BCUT2D eigenvalue weighted by atomic mass is 10.0. The number of nitrogens with zero attached hydrogens (tertiary/aromatic N) is 2. The molecule has 1 aliphatic rings. The minimum atomic E-state index is 0. The number of nitrogens with one attached hydrogen (secondary N) is 1. The van der Waals surface area contributed by atoms with Crippen molar-refractivity contribution in [3.8, 4) is 11.7 Å². The van der Waals surface area contributed by atoms with Crippen molar-refractivity contribution in [2.24, 2.45) is 0 Å². The van der Waals surface area contributed by atoms with E-state index in [1.165, 1.54) is 0 Å². The van der Waals surface area contributed by atoms with E-state index in [0.29, 0.717) is 29.1 Å². The number of oxazole rings is 1. The molecular weight excluding hydrogens is 353 g/mol. The highest BCUT2D eigenvalue weighted by Gasteiger charge is 2.24. The third-order valence-corrected chi connectivity index (χ3v) is 4.19. The molecule has 1 saturated heterocycles. The van der Waals surface area contributed by atoms with Crippen molar-refractivity contribution >= 4 is 30.7 Å². The second kappa shape index (κ2) is 9.11. The lowest BCUT2D eigenvalue weighted by Gasteiger charge is -2.31. The fourth-order valence-corrected chi connectivity index (χ4v) is 2.76. The molecule has 134 valence electrons. The van der Waals surface area contributed by atoms with Crippen molar-refractivity contribution in [3.05, 3.63) is 29.9 Å². The first kappa shape index (κ1) is 20.5. The molecule has 0 aliphatic carbocycles. The maximum Gasteiger partial charge on any atom is 0.263 e. The lowest BCUT2D eigenvalue weighted by Crippen LogP contribution is -2.44. The second-order valence-corrected chi connectivity index (χ2v) is 5.66. The smallest absolute Gasteiger partial charge is 0.263 e. The zero-order valence-corrected chi connectivity index (χ0v) is 15.4. The van der Waals surface area contributed by atoms with E-state index in [2.05, 4.69) is 10.3 Å². The molecule has 0 unspecified atom stereocenters. The Hall–Kier alpha value is -1.50. The highest BCUT2D eigenvalue weighted by molar-refractivity contribution is 5.85. The van der Waals surface area contributed by atoms with Gasteiger partial charge in [0.1, 0.15) is 5.76 Å². The summed E-state index contributed by atoms with van der Waals surface area (Å²) in [7, 11) is 1.88. The van der Waals surface area contributed by atoms with E-state index in [9.17, 15) is 4.79 Å². The number of amides is 1. The molecule has 24 heavy (non-hydrogen) atoms. The van der Waals surface area contributed by atoms with Crippen LogP contribution in [0.1, 0.15) is 24.3 Å². The van der Waals surface area contributed by atoms with Gasteiger partial charge in [0.15, 0.2) is 5.76 Å². The Morgan fingerprint density at radius 2 is 2.08 bits per heavy atom. The molecule has 1 N–H and O–H groups in total. The quantitative estimate of drug-likeness (QED) is 0.889. The predicted octanol–water partition coefficient (Wildman–Crippen LogP) is 2.84. The molecular formula is C16H23Cl2N3O3. The molecule has 0 aromatic carbocycles. The first-order valence-corrected chi connectivity index (χ1v) is 7.61. The number of rotatable bonds is 4. The molecule has 0 bridgehead atoms. The third-order valence-electron chi connectivity index (χ3n) is 4.19. The summed E-state index contributed by atoms with van der Waals surface area (Å²) in [6.45, 7) is 3.76. The number of carbonyl (C=O) groups is 1. The molecule has 1 fully saturated rings. The number of hydrogen-bond acceptors (Lipinski definition) is 5. The zero-order chi connectivity index (χ0) is 15.5. The molecule has 8 heteroatoms. The summed E-state index contributed by atoms with van der Waals surface area (Å²) in [5.74, 6) is 1.75. The molecule has 6 nitrogen and oxygen atoms in total. The molecule has 3 heterocycles. The van der Waals surface area contributed by atoms with E-state index in [-0.39, 0.29) is 37.1 Å². The van der Waals surface area contributed by atoms with Crippen LogP contribution in [-0.4, -0.2) is 42.0 Å².